The Bertz CT molecular complexity index is 1130. The van der Waals surface area contributed by atoms with Gasteiger partial charge in [0.2, 0.25) is 0 Å². The molecule has 0 fully saturated rings. The lowest BCUT2D eigenvalue weighted by Gasteiger charge is -2.33. The fourth-order valence-electron chi connectivity index (χ4n) is 3.32. The van der Waals surface area contributed by atoms with E-state index in [1.807, 2.05) is 0 Å². The molecule has 0 spiro atoms. The molecule has 27 heavy (non-hydrogen) atoms. The number of fused-ring (bicyclic) bond motifs is 3. The number of amides is 1. The number of H-pyrrole nitrogens is 1. The zero-order chi connectivity index (χ0) is 19.3. The number of carbonyl (C=O) groups is 1. The van der Waals surface area contributed by atoms with Gasteiger partial charge in [-0.15, -0.1) is 11.3 Å². The Morgan fingerprint density at radius 3 is 2.67 bits per heavy atom. The largest absolute Gasteiger partial charge is 0.373 e. The van der Waals surface area contributed by atoms with Crippen molar-refractivity contribution < 1.29 is 18.3 Å². The zero-order valence-electron chi connectivity index (χ0n) is 14.0. The minimum Gasteiger partial charge on any atom is -0.373 e. The molecule has 1 amide bonds. The Kier molecular flexibility index (Phi) is 4.49. The van der Waals surface area contributed by atoms with Gasteiger partial charge in [0.25, 0.3) is 11.5 Å². The summed E-state index contributed by atoms with van der Waals surface area (Å²) in [6.07, 6.45) is 0. The number of carbonyl (C=O) groups excluding carboxylic acids is 1. The molecule has 2 aromatic heterocycles. The van der Waals surface area contributed by atoms with E-state index < -0.39 is 23.2 Å². The van der Waals surface area contributed by atoms with Gasteiger partial charge in [-0.3, -0.25) is 9.59 Å². The molecule has 0 unspecified atom stereocenters. The van der Waals surface area contributed by atoms with Crippen molar-refractivity contribution in [1.29, 1.82) is 0 Å². The normalized spacial score (nSPS) is 16.4. The molecule has 5 nitrogen and oxygen atoms in total. The van der Waals surface area contributed by atoms with Crippen molar-refractivity contribution in [1.82, 2.24) is 9.88 Å². The summed E-state index contributed by atoms with van der Waals surface area (Å²) in [6.45, 7) is 0.273. The zero-order valence-corrected chi connectivity index (χ0v) is 15.6. The first-order chi connectivity index (χ1) is 12.9. The third kappa shape index (κ3) is 3.03. The number of ether oxygens (including phenoxy) is 1. The van der Waals surface area contributed by atoms with Crippen molar-refractivity contribution in [3.05, 3.63) is 66.7 Å². The summed E-state index contributed by atoms with van der Waals surface area (Å²) >= 11 is 7.15. The van der Waals surface area contributed by atoms with Gasteiger partial charge in [-0.05, 0) is 23.6 Å². The summed E-state index contributed by atoms with van der Waals surface area (Å²) in [5.41, 5.74) is 0.876. The van der Waals surface area contributed by atoms with E-state index >= 15 is 0 Å². The van der Waals surface area contributed by atoms with Gasteiger partial charge >= 0.3 is 0 Å². The van der Waals surface area contributed by atoms with E-state index in [-0.39, 0.29) is 29.9 Å². The molecular formula is C18H13ClF2N2O3S. The molecule has 1 N–H and O–H groups in total. The van der Waals surface area contributed by atoms with E-state index in [1.54, 1.807) is 18.5 Å². The van der Waals surface area contributed by atoms with Crippen molar-refractivity contribution in [2.24, 2.45) is 0 Å². The summed E-state index contributed by atoms with van der Waals surface area (Å²) < 4.78 is 33.5. The van der Waals surface area contributed by atoms with Gasteiger partial charge < -0.3 is 14.6 Å². The topological polar surface area (TPSA) is 62.4 Å². The molecule has 1 aliphatic rings. The highest BCUT2D eigenvalue weighted by atomic mass is 35.5. The van der Waals surface area contributed by atoms with E-state index in [9.17, 15) is 18.4 Å². The van der Waals surface area contributed by atoms with Crippen molar-refractivity contribution >= 4 is 39.6 Å². The number of aromatic amines is 1. The van der Waals surface area contributed by atoms with E-state index in [0.717, 1.165) is 12.1 Å². The van der Waals surface area contributed by atoms with Gasteiger partial charge in [0, 0.05) is 23.7 Å². The van der Waals surface area contributed by atoms with Gasteiger partial charge in [-0.2, -0.15) is 0 Å². The molecule has 0 bridgehead atoms. The van der Waals surface area contributed by atoms with Crippen LogP contribution in [0.4, 0.5) is 8.78 Å². The molecule has 3 heterocycles. The molecule has 0 saturated carbocycles. The third-order valence-electron chi connectivity index (χ3n) is 4.64. The van der Waals surface area contributed by atoms with Crippen LogP contribution in [0.2, 0.25) is 4.34 Å². The minimum absolute atomic E-state index is 0.0268. The van der Waals surface area contributed by atoms with E-state index in [4.69, 9.17) is 16.3 Å². The summed E-state index contributed by atoms with van der Waals surface area (Å²) in [7, 11) is 1.59. The van der Waals surface area contributed by atoms with Crippen LogP contribution in [-0.2, 0) is 11.3 Å². The highest BCUT2D eigenvalue weighted by molar-refractivity contribution is 7.14. The lowest BCUT2D eigenvalue weighted by molar-refractivity contribution is 0.0336. The van der Waals surface area contributed by atoms with Crippen LogP contribution in [0.1, 0.15) is 27.7 Å². The van der Waals surface area contributed by atoms with E-state index in [2.05, 4.69) is 4.98 Å². The maximum absolute atomic E-state index is 13.9. The van der Waals surface area contributed by atoms with Crippen molar-refractivity contribution in [2.45, 2.75) is 12.6 Å². The van der Waals surface area contributed by atoms with Gasteiger partial charge in [-0.1, -0.05) is 11.6 Å². The second-order valence-corrected chi connectivity index (χ2v) is 7.79. The standard InChI is InChI=1S/C18H13ClF2N2O3S/c1-23(18(25)8-2-15(19)27-7-8)14-6-26-5-13-16(14)9-3-11(20)12(21)4-10(9)17(24)22-13/h2-4,7,14H,5-6H2,1H3,(H,22,24)/t14-/m1/s1. The van der Waals surface area contributed by atoms with Crippen LogP contribution in [0.3, 0.4) is 0 Å². The number of thiophene rings is 1. The van der Waals surface area contributed by atoms with Gasteiger partial charge in [0.05, 0.1) is 34.5 Å². The number of nitrogens with zero attached hydrogens (tertiary/aromatic N) is 1. The first kappa shape index (κ1) is 18.1. The van der Waals surface area contributed by atoms with Gasteiger partial charge in [0.15, 0.2) is 11.6 Å². The van der Waals surface area contributed by atoms with Crippen LogP contribution in [0, 0.1) is 11.6 Å². The summed E-state index contributed by atoms with van der Waals surface area (Å²) in [4.78, 5) is 29.2. The maximum atomic E-state index is 13.9. The number of hydrogen-bond donors (Lipinski definition) is 1. The third-order valence-corrected chi connectivity index (χ3v) is 5.73. The molecule has 1 aliphatic heterocycles. The Hall–Kier alpha value is -2.29. The SMILES string of the molecule is CN(C(=O)c1csc(Cl)c1)[C@@H]1COCc2[nH]c(=O)c3cc(F)c(F)cc3c21. The molecule has 9 heteroatoms. The predicted molar refractivity (Wildman–Crippen MR) is 98.3 cm³/mol. The molecule has 0 radical (unpaired) electrons. The second-order valence-electron chi connectivity index (χ2n) is 6.24. The number of halogens is 3. The van der Waals surface area contributed by atoms with E-state index in [1.165, 1.54) is 16.2 Å². The van der Waals surface area contributed by atoms with Crippen LogP contribution in [0.15, 0.2) is 28.4 Å². The average molecular weight is 411 g/mol. The lowest BCUT2D eigenvalue weighted by atomic mass is 9.95. The summed E-state index contributed by atoms with van der Waals surface area (Å²) in [5.74, 6) is -2.45. The lowest BCUT2D eigenvalue weighted by Crippen LogP contribution is -2.37. The predicted octanol–water partition coefficient (Wildman–Crippen LogP) is 3.86. The molecule has 3 aromatic rings. The molecule has 4 rings (SSSR count). The fraction of sp³-hybridized carbons (Fsp3) is 0.222. The van der Waals surface area contributed by atoms with Crippen LogP contribution < -0.4 is 5.56 Å². The van der Waals surface area contributed by atoms with Crippen LogP contribution in [-0.4, -0.2) is 29.4 Å². The number of nitrogens with one attached hydrogen (secondary N) is 1. The number of hydrogen-bond acceptors (Lipinski definition) is 4. The Morgan fingerprint density at radius 1 is 1.30 bits per heavy atom. The van der Waals surface area contributed by atoms with Gasteiger partial charge in [0.1, 0.15) is 0 Å². The quantitative estimate of drug-likeness (QED) is 0.697. The minimum atomic E-state index is -1.10. The second kappa shape index (κ2) is 6.70. The molecule has 140 valence electrons. The first-order valence-electron chi connectivity index (χ1n) is 7.99. The number of pyridine rings is 1. The van der Waals surface area contributed by atoms with Gasteiger partial charge in [-0.25, -0.2) is 8.78 Å². The molecule has 1 aromatic carbocycles. The van der Waals surface area contributed by atoms with E-state index in [0.29, 0.717) is 21.2 Å². The number of benzene rings is 1. The van der Waals surface area contributed by atoms with Crippen LogP contribution in [0.25, 0.3) is 10.8 Å². The van der Waals surface area contributed by atoms with Crippen molar-refractivity contribution in [3.63, 3.8) is 0 Å². The Balaban J connectivity index is 1.87. The smallest absolute Gasteiger partial charge is 0.256 e. The monoisotopic (exact) mass is 410 g/mol. The number of rotatable bonds is 2. The Morgan fingerprint density at radius 2 is 2.00 bits per heavy atom. The van der Waals surface area contributed by atoms with Crippen molar-refractivity contribution in [3.8, 4) is 0 Å². The summed E-state index contributed by atoms with van der Waals surface area (Å²) in [5, 5.41) is 1.94. The average Bonchev–Trinajstić information content (AvgIpc) is 3.08. The summed E-state index contributed by atoms with van der Waals surface area (Å²) in [6, 6.07) is 2.85. The highest BCUT2D eigenvalue weighted by Crippen LogP contribution is 2.34. The number of likely N-dealkylation sites (N-methyl/N-ethyl adjacent to an activating group) is 1. The molecule has 0 aliphatic carbocycles. The molecule has 1 atom stereocenters. The molecule has 0 saturated heterocycles. The van der Waals surface area contributed by atoms with Crippen molar-refractivity contribution in [2.75, 3.05) is 13.7 Å². The van der Waals surface area contributed by atoms with Crippen LogP contribution >= 0.6 is 22.9 Å². The number of aromatic nitrogens is 1. The maximum Gasteiger partial charge on any atom is 0.256 e. The fourth-order valence-corrected chi connectivity index (χ4v) is 4.17. The molecular weight excluding hydrogens is 398 g/mol. The van der Waals surface area contributed by atoms with Crippen LogP contribution in [0.5, 0.6) is 0 Å². The first-order valence-corrected chi connectivity index (χ1v) is 9.25. The Labute approximate surface area is 161 Å². The highest BCUT2D eigenvalue weighted by Gasteiger charge is 2.31.